The molecule has 0 aliphatic heterocycles. The van der Waals surface area contributed by atoms with Gasteiger partial charge in [-0.05, 0) is 43.4 Å². The Labute approximate surface area is 537 Å². The fourth-order valence-electron chi connectivity index (χ4n) is 10.3. The summed E-state index contributed by atoms with van der Waals surface area (Å²) in [7, 11) is -9.89. The summed E-state index contributed by atoms with van der Waals surface area (Å²) in [5.74, 6) is 0.216. The zero-order chi connectivity index (χ0) is 65.2. The van der Waals surface area contributed by atoms with E-state index < -0.39 is 97.5 Å². The summed E-state index contributed by atoms with van der Waals surface area (Å²) in [5.41, 5.74) is 0. The van der Waals surface area contributed by atoms with E-state index in [-0.39, 0.29) is 25.7 Å². The van der Waals surface area contributed by atoms with Crippen LogP contribution in [0.25, 0.3) is 0 Å². The lowest BCUT2D eigenvalue weighted by Gasteiger charge is -2.21. The molecule has 0 saturated heterocycles. The summed E-state index contributed by atoms with van der Waals surface area (Å²) in [5, 5.41) is 10.5. The topological polar surface area (TPSA) is 237 Å². The van der Waals surface area contributed by atoms with Crippen LogP contribution in [-0.2, 0) is 65.4 Å². The largest absolute Gasteiger partial charge is 0.472 e. The van der Waals surface area contributed by atoms with Gasteiger partial charge in [0.1, 0.15) is 19.3 Å². The standard InChI is InChI=1S/C69H134O17P2/c1-8-11-12-33-43-50-66(71)79-56-64(85-69(74)53-46-39-32-26-24-29-36-42-49-62(7)10-3)58-83-87(75,76)81-54-63(70)55-82-88(77,78)84-59-65(57-80-67(72)51-44-37-30-25-23-28-35-41-48-61(6)9-2)86-68(73)52-45-38-31-22-20-18-16-14-13-15-17-19-21-27-34-40-47-60(4)5/h60-65,70H,8-59H2,1-7H3,(H,75,76)(H,77,78)/t61?,62?,63-,64+,65+/m0/s1. The van der Waals surface area contributed by atoms with Gasteiger partial charge >= 0.3 is 39.5 Å². The maximum absolute atomic E-state index is 13.0. The average molecular weight is 1300 g/mol. The van der Waals surface area contributed by atoms with Crippen molar-refractivity contribution in [2.24, 2.45) is 17.8 Å². The molecule has 522 valence electrons. The Morgan fingerprint density at radius 3 is 0.864 bits per heavy atom. The highest BCUT2D eigenvalue weighted by molar-refractivity contribution is 7.47. The number of aliphatic hydroxyl groups is 1. The third-order valence-electron chi connectivity index (χ3n) is 16.6. The van der Waals surface area contributed by atoms with E-state index in [1.54, 1.807) is 0 Å². The van der Waals surface area contributed by atoms with Crippen molar-refractivity contribution < 1.29 is 80.2 Å². The van der Waals surface area contributed by atoms with E-state index in [1.165, 1.54) is 148 Å². The van der Waals surface area contributed by atoms with Crippen molar-refractivity contribution in [2.45, 2.75) is 362 Å². The minimum absolute atomic E-state index is 0.104. The molecule has 0 bridgehead atoms. The van der Waals surface area contributed by atoms with E-state index in [0.29, 0.717) is 25.7 Å². The molecule has 0 radical (unpaired) electrons. The second-order valence-corrected chi connectivity index (χ2v) is 28.8. The van der Waals surface area contributed by atoms with Crippen LogP contribution in [0, 0.1) is 17.8 Å². The lowest BCUT2D eigenvalue weighted by Crippen LogP contribution is -2.30. The fourth-order valence-corrected chi connectivity index (χ4v) is 11.9. The lowest BCUT2D eigenvalue weighted by molar-refractivity contribution is -0.161. The molecule has 0 aromatic carbocycles. The first-order valence-corrected chi connectivity index (χ1v) is 38.9. The summed E-state index contributed by atoms with van der Waals surface area (Å²) in [6.45, 7) is 11.8. The molecule has 0 saturated carbocycles. The molecule has 3 N–H and O–H groups in total. The van der Waals surface area contributed by atoms with E-state index >= 15 is 0 Å². The molecule has 0 aliphatic rings. The number of phosphoric ester groups is 2. The van der Waals surface area contributed by atoms with Gasteiger partial charge in [-0.3, -0.25) is 37.3 Å². The molecule has 0 rings (SSSR count). The Balaban J connectivity index is 5.15. The SMILES string of the molecule is CCCCCCCC(=O)OC[C@H](COP(=O)(O)OC[C@H](O)COP(=O)(O)OC[C@@H](COC(=O)CCCCCCCCCCC(C)CC)OC(=O)CCCCCCCCCCCCCCCCCCC(C)C)OC(=O)CCCCCCCCCCC(C)CC. The van der Waals surface area contributed by atoms with Crippen molar-refractivity contribution in [3.05, 3.63) is 0 Å². The van der Waals surface area contributed by atoms with Crippen molar-refractivity contribution in [3.8, 4) is 0 Å². The van der Waals surface area contributed by atoms with Gasteiger partial charge in [-0.1, -0.05) is 292 Å². The monoisotopic (exact) mass is 1300 g/mol. The number of hydrogen-bond acceptors (Lipinski definition) is 15. The Kier molecular flexibility index (Phi) is 58.7. The molecule has 0 aliphatic carbocycles. The molecule has 19 heteroatoms. The van der Waals surface area contributed by atoms with E-state index in [9.17, 15) is 43.2 Å². The molecule has 17 nitrogen and oxygen atoms in total. The first-order chi connectivity index (χ1) is 42.3. The predicted molar refractivity (Wildman–Crippen MR) is 354 cm³/mol. The number of aliphatic hydroxyl groups excluding tert-OH is 1. The van der Waals surface area contributed by atoms with Crippen molar-refractivity contribution in [1.82, 2.24) is 0 Å². The van der Waals surface area contributed by atoms with Crippen molar-refractivity contribution in [3.63, 3.8) is 0 Å². The number of carbonyl (C=O) groups is 4. The van der Waals surface area contributed by atoms with Crippen molar-refractivity contribution in [1.29, 1.82) is 0 Å². The molecule has 0 amide bonds. The third-order valence-corrected chi connectivity index (χ3v) is 18.5. The minimum atomic E-state index is -4.95. The zero-order valence-corrected chi connectivity index (χ0v) is 59.0. The Morgan fingerprint density at radius 1 is 0.330 bits per heavy atom. The van der Waals surface area contributed by atoms with Gasteiger partial charge in [-0.15, -0.1) is 0 Å². The van der Waals surface area contributed by atoms with Crippen LogP contribution in [0.3, 0.4) is 0 Å². The summed E-state index contributed by atoms with van der Waals surface area (Å²) < 4.78 is 68.0. The summed E-state index contributed by atoms with van der Waals surface area (Å²) >= 11 is 0. The van der Waals surface area contributed by atoms with E-state index in [4.69, 9.17) is 37.0 Å². The fraction of sp³-hybridized carbons (Fsp3) is 0.942. The summed E-state index contributed by atoms with van der Waals surface area (Å²) in [6.07, 6.45) is 43.4. The highest BCUT2D eigenvalue weighted by atomic mass is 31.2. The highest BCUT2D eigenvalue weighted by Gasteiger charge is 2.30. The van der Waals surface area contributed by atoms with Crippen LogP contribution in [0.5, 0.6) is 0 Å². The van der Waals surface area contributed by atoms with E-state index in [0.717, 1.165) is 114 Å². The number of rotatable bonds is 67. The average Bonchev–Trinajstić information content (AvgIpc) is 3.70. The van der Waals surface area contributed by atoms with Crippen LogP contribution < -0.4 is 0 Å². The molecule has 0 heterocycles. The van der Waals surface area contributed by atoms with Crippen molar-refractivity contribution in [2.75, 3.05) is 39.6 Å². The van der Waals surface area contributed by atoms with Crippen LogP contribution in [-0.4, -0.2) is 96.7 Å². The second-order valence-electron chi connectivity index (χ2n) is 25.9. The third kappa shape index (κ3) is 60.3. The maximum atomic E-state index is 13.0. The van der Waals surface area contributed by atoms with Gasteiger partial charge in [0.25, 0.3) is 0 Å². The first-order valence-electron chi connectivity index (χ1n) is 35.9. The van der Waals surface area contributed by atoms with Crippen molar-refractivity contribution >= 4 is 39.5 Å². The zero-order valence-electron chi connectivity index (χ0n) is 57.2. The molecule has 7 atom stereocenters. The van der Waals surface area contributed by atoms with Crippen LogP contribution in [0.2, 0.25) is 0 Å². The number of carbonyl (C=O) groups excluding carboxylic acids is 4. The Hall–Kier alpha value is -1.94. The molecule has 88 heavy (non-hydrogen) atoms. The quantitative estimate of drug-likeness (QED) is 0.0222. The molecule has 0 fully saturated rings. The van der Waals surface area contributed by atoms with Gasteiger partial charge < -0.3 is 33.8 Å². The smallest absolute Gasteiger partial charge is 0.462 e. The number of esters is 4. The summed E-state index contributed by atoms with van der Waals surface area (Å²) in [4.78, 5) is 72.2. The maximum Gasteiger partial charge on any atom is 0.472 e. The lowest BCUT2D eigenvalue weighted by atomic mass is 9.99. The molecular weight excluding hydrogens is 1160 g/mol. The van der Waals surface area contributed by atoms with Gasteiger partial charge in [-0.2, -0.15) is 0 Å². The number of ether oxygens (including phenoxy) is 4. The van der Waals surface area contributed by atoms with Gasteiger partial charge in [-0.25, -0.2) is 9.13 Å². The molecule has 4 unspecified atom stereocenters. The van der Waals surface area contributed by atoms with Gasteiger partial charge in [0.2, 0.25) is 0 Å². The van der Waals surface area contributed by atoms with Crippen LogP contribution in [0.1, 0.15) is 344 Å². The predicted octanol–water partition coefficient (Wildman–Crippen LogP) is 19.5. The number of unbranched alkanes of at least 4 members (excludes halogenated alkanes) is 33. The van der Waals surface area contributed by atoms with Gasteiger partial charge in [0.05, 0.1) is 26.4 Å². The second kappa shape index (κ2) is 60.0. The normalized spacial score (nSPS) is 14.9. The van der Waals surface area contributed by atoms with E-state index in [2.05, 4.69) is 48.5 Å². The number of hydrogen-bond donors (Lipinski definition) is 3. The molecule has 0 spiro atoms. The summed E-state index contributed by atoms with van der Waals surface area (Å²) in [6, 6.07) is 0. The molecule has 0 aromatic rings. The number of phosphoric acid groups is 2. The van der Waals surface area contributed by atoms with Crippen LogP contribution in [0.15, 0.2) is 0 Å². The van der Waals surface area contributed by atoms with Gasteiger partial charge in [0.15, 0.2) is 12.2 Å². The van der Waals surface area contributed by atoms with Gasteiger partial charge in [0, 0.05) is 25.7 Å². The molecule has 0 aromatic heterocycles. The van der Waals surface area contributed by atoms with Crippen LogP contribution in [0.4, 0.5) is 0 Å². The first kappa shape index (κ1) is 86.1. The minimum Gasteiger partial charge on any atom is -0.462 e. The Morgan fingerprint density at radius 2 is 0.580 bits per heavy atom. The van der Waals surface area contributed by atoms with E-state index in [1.807, 2.05) is 0 Å². The molecular formula is C69H134O17P2. The Bertz CT molecular complexity index is 1740. The highest BCUT2D eigenvalue weighted by Crippen LogP contribution is 2.45. The van der Waals surface area contributed by atoms with Crippen LogP contribution >= 0.6 is 15.6 Å².